The number of aromatic nitrogens is 2. The molecule has 1 aromatic rings. The molecule has 0 spiro atoms. The second-order valence-corrected chi connectivity index (χ2v) is 1.87. The summed E-state index contributed by atoms with van der Waals surface area (Å²) in [6.45, 7) is 0. The van der Waals surface area contributed by atoms with Crippen LogP contribution < -0.4 is 10.9 Å². The average molecular weight is 168 g/mol. The van der Waals surface area contributed by atoms with Gasteiger partial charge in [-0.05, 0) is 0 Å². The van der Waals surface area contributed by atoms with E-state index in [2.05, 4.69) is 25.6 Å². The van der Waals surface area contributed by atoms with Crippen LogP contribution in [0, 0.1) is 0 Å². The van der Waals surface area contributed by atoms with E-state index < -0.39 is 6.09 Å². The Bertz CT molecular complexity index is 251. The van der Waals surface area contributed by atoms with Gasteiger partial charge in [-0.3, -0.25) is 5.43 Å². The number of hydrogen-bond acceptors (Lipinski definition) is 5. The molecule has 12 heavy (non-hydrogen) atoms. The third-order valence-corrected chi connectivity index (χ3v) is 1.05. The van der Waals surface area contributed by atoms with E-state index in [1.807, 2.05) is 0 Å². The number of ether oxygens (including phenoxy) is 1. The molecule has 6 nitrogen and oxygen atoms in total. The lowest BCUT2D eigenvalue weighted by atomic mass is 10.6. The van der Waals surface area contributed by atoms with Crippen LogP contribution in [-0.4, -0.2) is 23.2 Å². The summed E-state index contributed by atoms with van der Waals surface area (Å²) < 4.78 is 4.32. The van der Waals surface area contributed by atoms with E-state index in [-0.39, 0.29) is 0 Å². The molecule has 1 amide bonds. The van der Waals surface area contributed by atoms with Crippen LogP contribution in [0.4, 0.5) is 10.5 Å². The topological polar surface area (TPSA) is 76.1 Å². The fourth-order valence-electron chi connectivity index (χ4n) is 0.538. The zero-order valence-corrected chi connectivity index (χ0v) is 6.44. The highest BCUT2D eigenvalue weighted by Gasteiger charge is 1.95. The predicted octanol–water partition coefficient (Wildman–Crippen LogP) is 0.159. The van der Waals surface area contributed by atoms with Crippen LogP contribution in [-0.2, 0) is 4.74 Å². The quantitative estimate of drug-likeness (QED) is 0.615. The van der Waals surface area contributed by atoms with Crippen molar-refractivity contribution in [3.63, 3.8) is 0 Å². The fraction of sp³-hybridized carbons (Fsp3) is 0.167. The Morgan fingerprint density at radius 2 is 2.17 bits per heavy atom. The number of anilines is 1. The molecular weight excluding hydrogens is 160 g/mol. The van der Waals surface area contributed by atoms with Gasteiger partial charge in [0.25, 0.3) is 0 Å². The van der Waals surface area contributed by atoms with Crippen molar-refractivity contribution in [2.45, 2.75) is 0 Å². The van der Waals surface area contributed by atoms with Gasteiger partial charge in [-0.2, -0.15) is 0 Å². The van der Waals surface area contributed by atoms with Crippen LogP contribution in [0.1, 0.15) is 0 Å². The summed E-state index contributed by atoms with van der Waals surface area (Å²) >= 11 is 0. The van der Waals surface area contributed by atoms with Gasteiger partial charge in [-0.25, -0.2) is 20.2 Å². The lowest BCUT2D eigenvalue weighted by molar-refractivity contribution is 0.173. The zero-order chi connectivity index (χ0) is 8.81. The Morgan fingerprint density at radius 3 is 2.75 bits per heavy atom. The number of carbonyl (C=O) groups is 1. The van der Waals surface area contributed by atoms with Crippen molar-refractivity contribution >= 4 is 11.8 Å². The number of nitrogens with zero attached hydrogens (tertiary/aromatic N) is 2. The molecule has 0 saturated heterocycles. The number of hydrazine groups is 1. The van der Waals surface area contributed by atoms with Crippen molar-refractivity contribution in [3.8, 4) is 0 Å². The molecule has 0 saturated carbocycles. The largest absolute Gasteiger partial charge is 0.452 e. The summed E-state index contributed by atoms with van der Waals surface area (Å²) in [5.41, 5.74) is 5.39. The van der Waals surface area contributed by atoms with E-state index in [4.69, 9.17) is 0 Å². The van der Waals surface area contributed by atoms with Crippen molar-refractivity contribution in [3.05, 3.63) is 18.7 Å². The maximum absolute atomic E-state index is 10.5. The number of carbonyl (C=O) groups excluding carboxylic acids is 1. The van der Waals surface area contributed by atoms with Gasteiger partial charge in [-0.1, -0.05) is 0 Å². The highest BCUT2D eigenvalue weighted by Crippen LogP contribution is 1.96. The zero-order valence-electron chi connectivity index (χ0n) is 6.44. The van der Waals surface area contributed by atoms with Gasteiger partial charge in [-0.15, -0.1) is 0 Å². The maximum Gasteiger partial charge on any atom is 0.425 e. The summed E-state index contributed by atoms with van der Waals surface area (Å²) in [6.07, 6.45) is 3.86. The molecule has 0 atom stereocenters. The van der Waals surface area contributed by atoms with Gasteiger partial charge >= 0.3 is 6.09 Å². The van der Waals surface area contributed by atoms with E-state index in [1.54, 1.807) is 0 Å². The smallest absolute Gasteiger partial charge is 0.425 e. The number of amides is 1. The molecule has 0 unspecified atom stereocenters. The molecule has 0 aromatic carbocycles. The van der Waals surface area contributed by atoms with E-state index in [1.165, 1.54) is 25.8 Å². The lowest BCUT2D eigenvalue weighted by Gasteiger charge is -2.04. The number of methoxy groups -OCH3 is 1. The van der Waals surface area contributed by atoms with Crippen LogP contribution in [0.3, 0.4) is 0 Å². The first-order valence-corrected chi connectivity index (χ1v) is 3.18. The fourth-order valence-corrected chi connectivity index (χ4v) is 0.538. The standard InChI is InChI=1S/C6H8N4O2/c1-12-6(11)10-9-5-2-7-4-8-3-5/h2-4,9H,1H3,(H,10,11). The number of hydrogen-bond donors (Lipinski definition) is 2. The van der Waals surface area contributed by atoms with Crippen LogP contribution in [0.5, 0.6) is 0 Å². The molecule has 2 N–H and O–H groups in total. The highest BCUT2D eigenvalue weighted by atomic mass is 16.5. The summed E-state index contributed by atoms with van der Waals surface area (Å²) in [7, 11) is 1.28. The van der Waals surface area contributed by atoms with Crippen molar-refractivity contribution in [1.29, 1.82) is 0 Å². The van der Waals surface area contributed by atoms with Gasteiger partial charge in [0, 0.05) is 0 Å². The monoisotopic (exact) mass is 168 g/mol. The van der Waals surface area contributed by atoms with Crippen molar-refractivity contribution in [2.24, 2.45) is 0 Å². The first-order chi connectivity index (χ1) is 5.83. The molecular formula is C6H8N4O2. The molecule has 0 fully saturated rings. The molecule has 0 aliphatic rings. The van der Waals surface area contributed by atoms with Crippen LogP contribution in [0.15, 0.2) is 18.7 Å². The van der Waals surface area contributed by atoms with E-state index >= 15 is 0 Å². The van der Waals surface area contributed by atoms with Gasteiger partial charge in [0.05, 0.1) is 25.2 Å². The van der Waals surface area contributed by atoms with Crippen molar-refractivity contribution < 1.29 is 9.53 Å². The summed E-state index contributed by atoms with van der Waals surface area (Å²) in [5.74, 6) is 0. The minimum Gasteiger partial charge on any atom is -0.452 e. The van der Waals surface area contributed by atoms with Crippen molar-refractivity contribution in [2.75, 3.05) is 12.5 Å². The molecule has 0 aliphatic heterocycles. The third kappa shape index (κ3) is 2.41. The summed E-state index contributed by atoms with van der Waals surface area (Å²) in [4.78, 5) is 18.0. The first kappa shape index (κ1) is 8.25. The number of nitrogens with one attached hydrogen (secondary N) is 2. The highest BCUT2D eigenvalue weighted by molar-refractivity contribution is 5.68. The van der Waals surface area contributed by atoms with E-state index in [0.717, 1.165) is 0 Å². The molecule has 1 aromatic heterocycles. The molecule has 0 radical (unpaired) electrons. The molecule has 1 heterocycles. The maximum atomic E-state index is 10.5. The predicted molar refractivity (Wildman–Crippen MR) is 41.2 cm³/mol. The molecule has 6 heteroatoms. The Hall–Kier alpha value is -1.85. The van der Waals surface area contributed by atoms with E-state index in [0.29, 0.717) is 5.69 Å². The second-order valence-electron chi connectivity index (χ2n) is 1.87. The Balaban J connectivity index is 2.38. The Labute approximate surface area is 68.9 Å². The van der Waals surface area contributed by atoms with Gasteiger partial charge < -0.3 is 4.74 Å². The Kier molecular flexibility index (Phi) is 2.83. The average Bonchev–Trinajstić information content (AvgIpc) is 2.16. The van der Waals surface area contributed by atoms with Gasteiger partial charge in [0.15, 0.2) is 0 Å². The molecule has 0 bridgehead atoms. The molecule has 0 aliphatic carbocycles. The number of rotatable bonds is 2. The lowest BCUT2D eigenvalue weighted by Crippen LogP contribution is -2.29. The van der Waals surface area contributed by atoms with Crippen molar-refractivity contribution in [1.82, 2.24) is 15.4 Å². The van der Waals surface area contributed by atoms with Gasteiger partial charge in [0.1, 0.15) is 6.33 Å². The molecule has 1 rings (SSSR count). The minimum absolute atomic E-state index is 0.571. The normalized spacial score (nSPS) is 8.75. The second kappa shape index (κ2) is 4.12. The van der Waals surface area contributed by atoms with Gasteiger partial charge in [0.2, 0.25) is 0 Å². The minimum atomic E-state index is -0.571. The van der Waals surface area contributed by atoms with Crippen LogP contribution in [0.2, 0.25) is 0 Å². The third-order valence-electron chi connectivity index (χ3n) is 1.05. The Morgan fingerprint density at radius 1 is 1.50 bits per heavy atom. The SMILES string of the molecule is COC(=O)NNc1cncnc1. The summed E-state index contributed by atoms with van der Waals surface area (Å²) in [6, 6.07) is 0. The van der Waals surface area contributed by atoms with E-state index in [9.17, 15) is 4.79 Å². The van der Waals surface area contributed by atoms with Crippen LogP contribution >= 0.6 is 0 Å². The first-order valence-electron chi connectivity index (χ1n) is 3.18. The summed E-state index contributed by atoms with van der Waals surface area (Å²) in [5, 5.41) is 0. The van der Waals surface area contributed by atoms with Crippen LogP contribution in [0.25, 0.3) is 0 Å². The molecule has 64 valence electrons.